The Morgan fingerprint density at radius 2 is 2.12 bits per heavy atom. The lowest BCUT2D eigenvalue weighted by Gasteiger charge is -2.07. The van der Waals surface area contributed by atoms with Crippen molar-refractivity contribution in [3.63, 3.8) is 0 Å². The third kappa shape index (κ3) is 2.34. The molecule has 0 bridgehead atoms. The zero-order chi connectivity index (χ0) is 11.5. The minimum Gasteiger partial charge on any atom is -0.465 e. The maximum atomic E-state index is 12.8. The number of nitrogens with two attached hydrogens (primary N) is 1. The van der Waals surface area contributed by atoms with Crippen LogP contribution in [-0.2, 0) is 6.54 Å². The molecule has 2 rings (SSSR count). The van der Waals surface area contributed by atoms with E-state index in [1.165, 1.54) is 12.1 Å². The largest absolute Gasteiger partial charge is 0.465 e. The van der Waals surface area contributed by atoms with Crippen LogP contribution in [0, 0.1) is 12.7 Å². The average molecular weight is 220 g/mol. The quantitative estimate of drug-likeness (QED) is 0.782. The molecule has 0 amide bonds. The van der Waals surface area contributed by atoms with Crippen LogP contribution in [0.3, 0.4) is 0 Å². The fraction of sp³-hybridized carbons (Fsp3) is 0.167. The van der Waals surface area contributed by atoms with E-state index in [1.54, 1.807) is 6.07 Å². The van der Waals surface area contributed by atoms with E-state index < -0.39 is 0 Å². The van der Waals surface area contributed by atoms with E-state index in [0.717, 1.165) is 11.5 Å². The zero-order valence-electron chi connectivity index (χ0n) is 8.96. The van der Waals surface area contributed by atoms with Gasteiger partial charge < -0.3 is 15.5 Å². The monoisotopic (exact) mass is 220 g/mol. The second kappa shape index (κ2) is 4.26. The standard InChI is InChI=1S/C12H13FN2O/c1-8-2-4-10(16-8)7-15-12-5-3-9(13)6-11(12)14/h2-6,15H,7,14H2,1H3. The van der Waals surface area contributed by atoms with Crippen molar-refractivity contribution in [3.05, 3.63) is 47.7 Å². The molecule has 4 heteroatoms. The molecule has 0 spiro atoms. The Balaban J connectivity index is 2.04. The van der Waals surface area contributed by atoms with E-state index in [2.05, 4.69) is 5.32 Å². The molecule has 84 valence electrons. The molecule has 0 aliphatic carbocycles. The Labute approximate surface area is 93.1 Å². The van der Waals surface area contributed by atoms with Gasteiger partial charge in [-0.3, -0.25) is 0 Å². The summed E-state index contributed by atoms with van der Waals surface area (Å²) >= 11 is 0. The zero-order valence-corrected chi connectivity index (χ0v) is 8.96. The van der Waals surface area contributed by atoms with Gasteiger partial charge >= 0.3 is 0 Å². The van der Waals surface area contributed by atoms with E-state index >= 15 is 0 Å². The van der Waals surface area contributed by atoms with Gasteiger partial charge in [0.05, 0.1) is 17.9 Å². The molecule has 0 unspecified atom stereocenters. The first-order valence-electron chi connectivity index (χ1n) is 4.99. The fourth-order valence-corrected chi connectivity index (χ4v) is 1.46. The van der Waals surface area contributed by atoms with Crippen LogP contribution in [0.25, 0.3) is 0 Å². The Bertz CT molecular complexity index is 494. The maximum absolute atomic E-state index is 12.8. The molecule has 0 aliphatic rings. The van der Waals surface area contributed by atoms with Gasteiger partial charge in [-0.1, -0.05) is 0 Å². The van der Waals surface area contributed by atoms with Crippen molar-refractivity contribution in [1.82, 2.24) is 0 Å². The Hall–Kier alpha value is -1.97. The second-order valence-corrected chi connectivity index (χ2v) is 3.60. The summed E-state index contributed by atoms with van der Waals surface area (Å²) in [6.45, 7) is 2.42. The molecule has 3 nitrogen and oxygen atoms in total. The van der Waals surface area contributed by atoms with E-state index in [0.29, 0.717) is 17.9 Å². The van der Waals surface area contributed by atoms with Crippen LogP contribution in [0.4, 0.5) is 15.8 Å². The van der Waals surface area contributed by atoms with Crippen molar-refractivity contribution in [1.29, 1.82) is 0 Å². The van der Waals surface area contributed by atoms with Crippen molar-refractivity contribution in [2.75, 3.05) is 11.1 Å². The van der Waals surface area contributed by atoms with Crippen molar-refractivity contribution >= 4 is 11.4 Å². The first kappa shape index (κ1) is 10.5. The Morgan fingerprint density at radius 1 is 1.31 bits per heavy atom. The highest BCUT2D eigenvalue weighted by atomic mass is 19.1. The fourth-order valence-electron chi connectivity index (χ4n) is 1.46. The van der Waals surface area contributed by atoms with E-state index in [9.17, 15) is 4.39 Å². The van der Waals surface area contributed by atoms with E-state index in [-0.39, 0.29) is 5.82 Å². The van der Waals surface area contributed by atoms with E-state index in [4.69, 9.17) is 10.2 Å². The molecule has 1 heterocycles. The van der Waals surface area contributed by atoms with Gasteiger partial charge in [-0.2, -0.15) is 0 Å². The van der Waals surface area contributed by atoms with Crippen LogP contribution in [-0.4, -0.2) is 0 Å². The van der Waals surface area contributed by atoms with Crippen LogP contribution in [0.1, 0.15) is 11.5 Å². The number of anilines is 2. The molecule has 0 atom stereocenters. The van der Waals surface area contributed by atoms with Crippen LogP contribution >= 0.6 is 0 Å². The van der Waals surface area contributed by atoms with Gasteiger partial charge in [0.2, 0.25) is 0 Å². The van der Waals surface area contributed by atoms with Gasteiger partial charge in [0.25, 0.3) is 0 Å². The number of rotatable bonds is 3. The molecule has 2 aromatic rings. The van der Waals surface area contributed by atoms with Gasteiger partial charge in [0.1, 0.15) is 17.3 Å². The highest BCUT2D eigenvalue weighted by Gasteiger charge is 2.02. The van der Waals surface area contributed by atoms with Gasteiger partial charge in [-0.25, -0.2) is 4.39 Å². The van der Waals surface area contributed by atoms with E-state index in [1.807, 2.05) is 19.1 Å². The molecule has 0 radical (unpaired) electrons. The number of aryl methyl sites for hydroxylation is 1. The predicted molar refractivity (Wildman–Crippen MR) is 61.6 cm³/mol. The molecular formula is C12H13FN2O. The number of halogens is 1. The molecule has 0 saturated heterocycles. The maximum Gasteiger partial charge on any atom is 0.125 e. The van der Waals surface area contributed by atoms with Crippen molar-refractivity contribution < 1.29 is 8.81 Å². The molecular weight excluding hydrogens is 207 g/mol. The minimum absolute atomic E-state index is 0.336. The average Bonchev–Trinajstić information content (AvgIpc) is 2.63. The van der Waals surface area contributed by atoms with Crippen LogP contribution < -0.4 is 11.1 Å². The third-order valence-electron chi connectivity index (χ3n) is 2.26. The number of hydrogen-bond donors (Lipinski definition) is 2. The number of hydrogen-bond acceptors (Lipinski definition) is 3. The molecule has 0 fully saturated rings. The third-order valence-corrected chi connectivity index (χ3v) is 2.26. The van der Waals surface area contributed by atoms with Crippen LogP contribution in [0.15, 0.2) is 34.7 Å². The van der Waals surface area contributed by atoms with Gasteiger partial charge in [-0.05, 0) is 37.3 Å². The first-order valence-corrected chi connectivity index (χ1v) is 4.99. The summed E-state index contributed by atoms with van der Waals surface area (Å²) in [5, 5.41) is 3.08. The Morgan fingerprint density at radius 3 is 2.75 bits per heavy atom. The summed E-state index contributed by atoms with van der Waals surface area (Å²) in [5.74, 6) is 1.35. The predicted octanol–water partition coefficient (Wildman–Crippen LogP) is 2.92. The molecule has 0 aliphatic heterocycles. The van der Waals surface area contributed by atoms with Crippen LogP contribution in [0.5, 0.6) is 0 Å². The van der Waals surface area contributed by atoms with Gasteiger partial charge in [-0.15, -0.1) is 0 Å². The van der Waals surface area contributed by atoms with Gasteiger partial charge in [0.15, 0.2) is 0 Å². The summed E-state index contributed by atoms with van der Waals surface area (Å²) in [5.41, 5.74) is 6.75. The molecule has 1 aromatic heterocycles. The number of furan rings is 1. The summed E-state index contributed by atoms with van der Waals surface area (Å²) in [4.78, 5) is 0. The molecule has 3 N–H and O–H groups in total. The lowest BCUT2D eigenvalue weighted by Crippen LogP contribution is -2.01. The van der Waals surface area contributed by atoms with Crippen molar-refractivity contribution in [2.45, 2.75) is 13.5 Å². The van der Waals surface area contributed by atoms with Crippen LogP contribution in [0.2, 0.25) is 0 Å². The van der Waals surface area contributed by atoms with Crippen molar-refractivity contribution in [2.24, 2.45) is 0 Å². The van der Waals surface area contributed by atoms with Crippen molar-refractivity contribution in [3.8, 4) is 0 Å². The highest BCUT2D eigenvalue weighted by Crippen LogP contribution is 2.20. The lowest BCUT2D eigenvalue weighted by atomic mass is 10.2. The summed E-state index contributed by atoms with van der Waals surface area (Å²) in [6.07, 6.45) is 0. The minimum atomic E-state index is -0.336. The molecule has 0 saturated carbocycles. The number of nitrogen functional groups attached to an aromatic ring is 1. The topological polar surface area (TPSA) is 51.2 Å². The first-order chi connectivity index (χ1) is 7.65. The summed E-state index contributed by atoms with van der Waals surface area (Å²) < 4.78 is 18.2. The van der Waals surface area contributed by atoms with Gasteiger partial charge in [0, 0.05) is 0 Å². The summed E-state index contributed by atoms with van der Waals surface area (Å²) in [6, 6.07) is 8.05. The molecule has 1 aromatic carbocycles. The number of nitrogens with one attached hydrogen (secondary N) is 1. The highest BCUT2D eigenvalue weighted by molar-refractivity contribution is 5.65. The Kier molecular flexibility index (Phi) is 2.81. The normalized spacial score (nSPS) is 10.4. The SMILES string of the molecule is Cc1ccc(CNc2ccc(F)cc2N)o1. The number of benzene rings is 1. The smallest absolute Gasteiger partial charge is 0.125 e. The molecule has 16 heavy (non-hydrogen) atoms. The second-order valence-electron chi connectivity index (χ2n) is 3.60. The summed E-state index contributed by atoms with van der Waals surface area (Å²) in [7, 11) is 0. The lowest BCUT2D eigenvalue weighted by molar-refractivity contribution is 0.490.